The highest BCUT2D eigenvalue weighted by Gasteiger charge is 1.96. The number of nitrogen functional groups attached to an aromatic ring is 1. The first kappa shape index (κ1) is 12.4. The van der Waals surface area contributed by atoms with E-state index in [1.165, 1.54) is 4.90 Å². The fourth-order valence-corrected chi connectivity index (χ4v) is 1.87. The van der Waals surface area contributed by atoms with Crippen LogP contribution in [0.2, 0.25) is 0 Å². The van der Waals surface area contributed by atoms with Crippen LogP contribution in [0.15, 0.2) is 29.2 Å². The Morgan fingerprint density at radius 3 is 2.53 bits per heavy atom. The van der Waals surface area contributed by atoms with Gasteiger partial charge in [0, 0.05) is 22.9 Å². The van der Waals surface area contributed by atoms with E-state index in [-0.39, 0.29) is 0 Å². The summed E-state index contributed by atoms with van der Waals surface area (Å²) in [5, 5.41) is 0. The van der Waals surface area contributed by atoms with Crippen LogP contribution in [0, 0.1) is 5.92 Å². The second kappa shape index (κ2) is 6.75. The number of nitrogens with two attached hydrogens (primary N) is 1. The van der Waals surface area contributed by atoms with E-state index < -0.39 is 0 Å². The van der Waals surface area contributed by atoms with Gasteiger partial charge < -0.3 is 10.5 Å². The van der Waals surface area contributed by atoms with Crippen molar-refractivity contribution in [3.8, 4) is 0 Å². The lowest BCUT2D eigenvalue weighted by Gasteiger charge is -2.06. The molecule has 0 saturated heterocycles. The van der Waals surface area contributed by atoms with Crippen LogP contribution < -0.4 is 5.73 Å². The Bertz CT molecular complexity index is 271. The van der Waals surface area contributed by atoms with Crippen molar-refractivity contribution in [3.63, 3.8) is 0 Å². The van der Waals surface area contributed by atoms with Crippen molar-refractivity contribution in [2.75, 3.05) is 24.7 Å². The van der Waals surface area contributed by atoms with E-state index in [4.69, 9.17) is 10.5 Å². The first-order valence-corrected chi connectivity index (χ1v) is 6.23. The highest BCUT2D eigenvalue weighted by molar-refractivity contribution is 7.99. The molecule has 0 aromatic heterocycles. The van der Waals surface area contributed by atoms with Crippen LogP contribution in [0.5, 0.6) is 0 Å². The van der Waals surface area contributed by atoms with Crippen molar-refractivity contribution >= 4 is 17.4 Å². The summed E-state index contributed by atoms with van der Waals surface area (Å²) in [6.07, 6.45) is 0. The molecule has 3 heteroatoms. The summed E-state index contributed by atoms with van der Waals surface area (Å²) in [6, 6.07) is 7.94. The van der Waals surface area contributed by atoms with E-state index >= 15 is 0 Å². The molecule has 0 saturated carbocycles. The molecule has 2 N–H and O–H groups in total. The van der Waals surface area contributed by atoms with E-state index in [0.29, 0.717) is 5.92 Å². The van der Waals surface area contributed by atoms with E-state index in [9.17, 15) is 0 Å². The van der Waals surface area contributed by atoms with Gasteiger partial charge in [-0.25, -0.2) is 0 Å². The summed E-state index contributed by atoms with van der Waals surface area (Å²) in [6.45, 7) is 5.98. The van der Waals surface area contributed by atoms with Gasteiger partial charge in [0.05, 0.1) is 6.61 Å². The molecule has 0 aliphatic carbocycles. The predicted octanol–water partition coefficient (Wildman–Crippen LogP) is 3.03. The summed E-state index contributed by atoms with van der Waals surface area (Å²) in [5.74, 6) is 1.61. The fourth-order valence-electron chi connectivity index (χ4n) is 1.10. The third kappa shape index (κ3) is 5.70. The molecule has 0 spiro atoms. The minimum absolute atomic E-state index is 0.617. The molecule has 2 nitrogen and oxygen atoms in total. The number of hydrogen-bond acceptors (Lipinski definition) is 3. The van der Waals surface area contributed by atoms with Gasteiger partial charge in [-0.1, -0.05) is 13.8 Å². The summed E-state index contributed by atoms with van der Waals surface area (Å²) < 4.78 is 5.49. The SMILES string of the molecule is CC(C)COCCSc1ccc(N)cc1. The van der Waals surface area contributed by atoms with Crippen molar-refractivity contribution in [2.24, 2.45) is 5.92 Å². The van der Waals surface area contributed by atoms with Crippen molar-refractivity contribution < 1.29 is 4.74 Å². The quantitative estimate of drug-likeness (QED) is 0.459. The maximum absolute atomic E-state index is 5.60. The average Bonchev–Trinajstić information content (AvgIpc) is 2.20. The molecule has 0 heterocycles. The third-order valence-corrected chi connectivity index (χ3v) is 2.80. The number of rotatable bonds is 6. The van der Waals surface area contributed by atoms with Gasteiger partial charge in [-0.3, -0.25) is 0 Å². The summed E-state index contributed by atoms with van der Waals surface area (Å²) in [5.41, 5.74) is 6.42. The first-order valence-electron chi connectivity index (χ1n) is 5.24. The van der Waals surface area contributed by atoms with Crippen LogP contribution in [0.1, 0.15) is 13.8 Å². The maximum Gasteiger partial charge on any atom is 0.0560 e. The van der Waals surface area contributed by atoms with Gasteiger partial charge in [0.15, 0.2) is 0 Å². The normalized spacial score (nSPS) is 10.9. The monoisotopic (exact) mass is 225 g/mol. The van der Waals surface area contributed by atoms with Gasteiger partial charge in [0.25, 0.3) is 0 Å². The molecule has 0 atom stereocenters. The molecule has 0 fully saturated rings. The average molecular weight is 225 g/mol. The summed E-state index contributed by atoms with van der Waals surface area (Å²) in [4.78, 5) is 1.25. The number of thioether (sulfide) groups is 1. The van der Waals surface area contributed by atoms with Crippen molar-refractivity contribution in [1.82, 2.24) is 0 Å². The lowest BCUT2D eigenvalue weighted by atomic mass is 10.2. The molecule has 1 rings (SSSR count). The predicted molar refractivity (Wildman–Crippen MR) is 67.2 cm³/mol. The second-order valence-corrected chi connectivity index (χ2v) is 5.05. The van der Waals surface area contributed by atoms with Gasteiger partial charge in [-0.15, -0.1) is 11.8 Å². The van der Waals surface area contributed by atoms with Crippen molar-refractivity contribution in [3.05, 3.63) is 24.3 Å². The Balaban J connectivity index is 2.12. The van der Waals surface area contributed by atoms with Crippen molar-refractivity contribution in [2.45, 2.75) is 18.7 Å². The first-order chi connectivity index (χ1) is 7.18. The molecular weight excluding hydrogens is 206 g/mol. The molecular formula is C12H19NOS. The zero-order valence-electron chi connectivity index (χ0n) is 9.40. The molecule has 0 bridgehead atoms. The zero-order chi connectivity index (χ0) is 11.1. The molecule has 0 unspecified atom stereocenters. The third-order valence-electron chi connectivity index (χ3n) is 1.83. The molecule has 1 aromatic carbocycles. The molecule has 1 aromatic rings. The topological polar surface area (TPSA) is 35.2 Å². The lowest BCUT2D eigenvalue weighted by molar-refractivity contribution is 0.124. The van der Waals surface area contributed by atoms with Gasteiger partial charge in [0.2, 0.25) is 0 Å². The van der Waals surface area contributed by atoms with Gasteiger partial charge in [0.1, 0.15) is 0 Å². The summed E-state index contributed by atoms with van der Waals surface area (Å²) >= 11 is 1.80. The van der Waals surface area contributed by atoms with Gasteiger partial charge in [-0.2, -0.15) is 0 Å². The van der Waals surface area contributed by atoms with Crippen LogP contribution in [0.25, 0.3) is 0 Å². The Labute approximate surface area is 96.2 Å². The van der Waals surface area contributed by atoms with Crippen LogP contribution in [-0.2, 0) is 4.74 Å². The zero-order valence-corrected chi connectivity index (χ0v) is 10.2. The Kier molecular flexibility index (Phi) is 5.58. The Morgan fingerprint density at radius 1 is 1.27 bits per heavy atom. The minimum Gasteiger partial charge on any atom is -0.399 e. The van der Waals surface area contributed by atoms with Crippen LogP contribution in [0.4, 0.5) is 5.69 Å². The van der Waals surface area contributed by atoms with E-state index in [1.54, 1.807) is 11.8 Å². The number of hydrogen-bond donors (Lipinski definition) is 1. The van der Waals surface area contributed by atoms with Crippen LogP contribution >= 0.6 is 11.8 Å². The highest BCUT2D eigenvalue weighted by atomic mass is 32.2. The molecule has 0 aliphatic rings. The van der Waals surface area contributed by atoms with Gasteiger partial charge in [-0.05, 0) is 30.2 Å². The van der Waals surface area contributed by atoms with Crippen LogP contribution in [0.3, 0.4) is 0 Å². The van der Waals surface area contributed by atoms with Gasteiger partial charge >= 0.3 is 0 Å². The standard InChI is InChI=1S/C12H19NOS/c1-10(2)9-14-7-8-15-12-5-3-11(13)4-6-12/h3-6,10H,7-9,13H2,1-2H3. The minimum atomic E-state index is 0.617. The van der Waals surface area contributed by atoms with E-state index in [0.717, 1.165) is 24.7 Å². The maximum atomic E-state index is 5.60. The number of ether oxygens (including phenoxy) is 1. The van der Waals surface area contributed by atoms with Crippen molar-refractivity contribution in [1.29, 1.82) is 0 Å². The lowest BCUT2D eigenvalue weighted by Crippen LogP contribution is -2.04. The van der Waals surface area contributed by atoms with E-state index in [2.05, 4.69) is 13.8 Å². The molecule has 15 heavy (non-hydrogen) atoms. The number of benzene rings is 1. The Hall–Kier alpha value is -0.670. The summed E-state index contributed by atoms with van der Waals surface area (Å²) in [7, 11) is 0. The van der Waals surface area contributed by atoms with Crippen LogP contribution in [-0.4, -0.2) is 19.0 Å². The molecule has 0 amide bonds. The second-order valence-electron chi connectivity index (χ2n) is 3.89. The highest BCUT2D eigenvalue weighted by Crippen LogP contribution is 2.18. The molecule has 84 valence electrons. The smallest absolute Gasteiger partial charge is 0.0560 e. The molecule has 0 radical (unpaired) electrons. The van der Waals surface area contributed by atoms with E-state index in [1.807, 2.05) is 24.3 Å². The Morgan fingerprint density at radius 2 is 1.93 bits per heavy atom. The number of anilines is 1. The fraction of sp³-hybridized carbons (Fsp3) is 0.500. The molecule has 0 aliphatic heterocycles. The largest absolute Gasteiger partial charge is 0.399 e.